The van der Waals surface area contributed by atoms with Crippen molar-refractivity contribution in [1.29, 1.82) is 0 Å². The summed E-state index contributed by atoms with van der Waals surface area (Å²) >= 11 is 0. The maximum atomic E-state index is 5.91. The molecule has 0 saturated carbocycles. The number of nitrogens with one attached hydrogen (secondary N) is 1. The minimum Gasteiger partial charge on any atom is -0.487 e. The summed E-state index contributed by atoms with van der Waals surface area (Å²) in [6.07, 6.45) is 1.62. The SMILES string of the molecule is c1cc(CCc2nnn[nH]2)cc(OCc2ccc3ccccc3n2)c1. The lowest BCUT2D eigenvalue weighted by Crippen LogP contribution is -1.99. The second-order valence-corrected chi connectivity index (χ2v) is 5.78. The molecular formula is C19H17N5O. The summed E-state index contributed by atoms with van der Waals surface area (Å²) in [7, 11) is 0. The van der Waals surface area contributed by atoms with Gasteiger partial charge in [0.25, 0.3) is 0 Å². The molecule has 2 aromatic carbocycles. The zero-order valence-corrected chi connectivity index (χ0v) is 13.6. The van der Waals surface area contributed by atoms with Gasteiger partial charge in [0.05, 0.1) is 11.2 Å². The minimum absolute atomic E-state index is 0.445. The summed E-state index contributed by atoms with van der Waals surface area (Å²) in [6.45, 7) is 0.445. The number of para-hydroxylation sites is 1. The number of aromatic nitrogens is 5. The smallest absolute Gasteiger partial charge is 0.148 e. The van der Waals surface area contributed by atoms with Crippen molar-refractivity contribution < 1.29 is 4.74 Å². The van der Waals surface area contributed by atoms with Crippen LogP contribution in [0.4, 0.5) is 0 Å². The van der Waals surface area contributed by atoms with Crippen molar-refractivity contribution >= 4 is 10.9 Å². The van der Waals surface area contributed by atoms with Gasteiger partial charge in [0, 0.05) is 11.8 Å². The van der Waals surface area contributed by atoms with Crippen LogP contribution in [0.2, 0.25) is 0 Å². The Morgan fingerprint density at radius 3 is 2.80 bits per heavy atom. The van der Waals surface area contributed by atoms with Gasteiger partial charge in [-0.3, -0.25) is 0 Å². The average molecular weight is 331 g/mol. The number of ether oxygens (including phenoxy) is 1. The van der Waals surface area contributed by atoms with Crippen LogP contribution in [-0.2, 0) is 19.4 Å². The molecule has 124 valence electrons. The first-order valence-corrected chi connectivity index (χ1v) is 8.16. The highest BCUT2D eigenvalue weighted by atomic mass is 16.5. The molecule has 0 aliphatic carbocycles. The van der Waals surface area contributed by atoms with Gasteiger partial charge in [-0.05, 0) is 46.7 Å². The van der Waals surface area contributed by atoms with Gasteiger partial charge in [0.15, 0.2) is 0 Å². The molecule has 0 atom stereocenters. The number of H-pyrrole nitrogens is 1. The molecule has 0 spiro atoms. The Morgan fingerprint density at radius 1 is 0.920 bits per heavy atom. The Morgan fingerprint density at radius 2 is 1.88 bits per heavy atom. The molecule has 0 radical (unpaired) electrons. The lowest BCUT2D eigenvalue weighted by Gasteiger charge is -2.08. The number of rotatable bonds is 6. The predicted molar refractivity (Wildman–Crippen MR) is 94.1 cm³/mol. The number of tetrazole rings is 1. The van der Waals surface area contributed by atoms with E-state index >= 15 is 0 Å². The molecule has 0 saturated heterocycles. The molecule has 0 amide bonds. The third-order valence-electron chi connectivity index (χ3n) is 3.98. The normalized spacial score (nSPS) is 10.9. The fraction of sp³-hybridized carbons (Fsp3) is 0.158. The summed E-state index contributed by atoms with van der Waals surface area (Å²) in [5.74, 6) is 1.62. The van der Waals surface area contributed by atoms with E-state index in [1.165, 1.54) is 5.56 Å². The predicted octanol–water partition coefficient (Wildman–Crippen LogP) is 3.11. The highest BCUT2D eigenvalue weighted by Crippen LogP contribution is 2.17. The van der Waals surface area contributed by atoms with Crippen molar-refractivity contribution in [1.82, 2.24) is 25.6 Å². The topological polar surface area (TPSA) is 76.6 Å². The molecular weight excluding hydrogens is 314 g/mol. The quantitative estimate of drug-likeness (QED) is 0.587. The van der Waals surface area contributed by atoms with Crippen molar-refractivity contribution in [2.24, 2.45) is 0 Å². The van der Waals surface area contributed by atoms with Crippen LogP contribution in [0.1, 0.15) is 17.1 Å². The van der Waals surface area contributed by atoms with Crippen LogP contribution in [0.25, 0.3) is 10.9 Å². The molecule has 6 nitrogen and oxygen atoms in total. The van der Waals surface area contributed by atoms with Gasteiger partial charge in [-0.25, -0.2) is 10.1 Å². The van der Waals surface area contributed by atoms with Crippen molar-refractivity contribution in [2.45, 2.75) is 19.4 Å². The minimum atomic E-state index is 0.445. The lowest BCUT2D eigenvalue weighted by atomic mass is 10.1. The van der Waals surface area contributed by atoms with Gasteiger partial charge < -0.3 is 4.74 Å². The molecule has 4 rings (SSSR count). The first-order valence-electron chi connectivity index (χ1n) is 8.16. The first kappa shape index (κ1) is 15.3. The first-order chi connectivity index (χ1) is 12.4. The molecule has 4 aromatic rings. The standard InChI is InChI=1S/C19H17N5O/c1-2-7-18-15(5-1)9-10-16(20-18)13-25-17-6-3-4-14(12-17)8-11-19-21-23-24-22-19/h1-7,9-10,12H,8,11,13H2,(H,21,22,23,24). The van der Waals surface area contributed by atoms with Gasteiger partial charge in [-0.1, -0.05) is 36.4 Å². The number of nitrogens with zero attached hydrogens (tertiary/aromatic N) is 4. The molecule has 25 heavy (non-hydrogen) atoms. The van der Waals surface area contributed by atoms with Gasteiger partial charge in [0.1, 0.15) is 18.2 Å². The third kappa shape index (κ3) is 3.80. The summed E-state index contributed by atoms with van der Waals surface area (Å²) in [5.41, 5.74) is 3.08. The number of fused-ring (bicyclic) bond motifs is 1. The Hall–Kier alpha value is -3.28. The van der Waals surface area contributed by atoms with Gasteiger partial charge in [-0.15, -0.1) is 5.10 Å². The fourth-order valence-electron chi connectivity index (χ4n) is 2.68. The molecule has 0 aliphatic heterocycles. The third-order valence-corrected chi connectivity index (χ3v) is 3.98. The van der Waals surface area contributed by atoms with Gasteiger partial charge in [-0.2, -0.15) is 0 Å². The Balaban J connectivity index is 1.40. The van der Waals surface area contributed by atoms with Crippen molar-refractivity contribution in [2.75, 3.05) is 0 Å². The van der Waals surface area contributed by atoms with E-state index in [0.29, 0.717) is 6.61 Å². The van der Waals surface area contributed by atoms with Gasteiger partial charge in [0.2, 0.25) is 0 Å². The highest BCUT2D eigenvalue weighted by molar-refractivity contribution is 5.78. The van der Waals surface area contributed by atoms with Crippen LogP contribution in [0, 0.1) is 0 Å². The van der Waals surface area contributed by atoms with E-state index in [-0.39, 0.29) is 0 Å². The summed E-state index contributed by atoms with van der Waals surface area (Å²) in [6, 6.07) is 20.2. The van der Waals surface area contributed by atoms with Crippen LogP contribution in [0.3, 0.4) is 0 Å². The molecule has 0 fully saturated rings. The molecule has 0 bridgehead atoms. The Labute approximate surface area is 144 Å². The van der Waals surface area contributed by atoms with Crippen molar-refractivity contribution in [3.63, 3.8) is 0 Å². The number of hydrogen-bond acceptors (Lipinski definition) is 5. The van der Waals surface area contributed by atoms with Crippen LogP contribution < -0.4 is 4.74 Å². The van der Waals surface area contributed by atoms with Crippen molar-refractivity contribution in [3.8, 4) is 5.75 Å². The van der Waals surface area contributed by atoms with E-state index in [1.807, 2.05) is 42.5 Å². The van der Waals surface area contributed by atoms with Crippen LogP contribution in [0.15, 0.2) is 60.7 Å². The largest absolute Gasteiger partial charge is 0.487 e. The zero-order chi connectivity index (χ0) is 16.9. The second kappa shape index (κ2) is 7.09. The number of benzene rings is 2. The van der Waals surface area contributed by atoms with E-state index in [9.17, 15) is 0 Å². The molecule has 6 heteroatoms. The molecule has 0 unspecified atom stereocenters. The number of aryl methyl sites for hydroxylation is 2. The Bertz CT molecular complexity index is 968. The summed E-state index contributed by atoms with van der Waals surface area (Å²) in [5, 5.41) is 15.0. The van der Waals surface area contributed by atoms with Crippen molar-refractivity contribution in [3.05, 3.63) is 77.7 Å². The second-order valence-electron chi connectivity index (χ2n) is 5.78. The lowest BCUT2D eigenvalue weighted by molar-refractivity contribution is 0.301. The molecule has 1 N–H and O–H groups in total. The van der Waals surface area contributed by atoms with E-state index in [1.54, 1.807) is 0 Å². The highest BCUT2D eigenvalue weighted by Gasteiger charge is 2.03. The molecule has 2 heterocycles. The van der Waals surface area contributed by atoms with Gasteiger partial charge >= 0.3 is 0 Å². The van der Waals surface area contributed by atoms with E-state index in [2.05, 4.69) is 43.8 Å². The number of aromatic amines is 1. The molecule has 2 aromatic heterocycles. The Kier molecular flexibility index (Phi) is 4.33. The number of pyridine rings is 1. The fourth-order valence-corrected chi connectivity index (χ4v) is 2.68. The average Bonchev–Trinajstić information content (AvgIpc) is 3.19. The summed E-state index contributed by atoms with van der Waals surface area (Å²) in [4.78, 5) is 4.63. The maximum Gasteiger partial charge on any atom is 0.148 e. The van der Waals surface area contributed by atoms with E-state index in [0.717, 1.165) is 41.0 Å². The van der Waals surface area contributed by atoms with E-state index < -0.39 is 0 Å². The van der Waals surface area contributed by atoms with Crippen LogP contribution in [-0.4, -0.2) is 25.6 Å². The maximum absolute atomic E-state index is 5.91. The summed E-state index contributed by atoms with van der Waals surface area (Å²) < 4.78 is 5.91. The molecule has 0 aliphatic rings. The van der Waals surface area contributed by atoms with Crippen LogP contribution >= 0.6 is 0 Å². The van der Waals surface area contributed by atoms with E-state index in [4.69, 9.17) is 4.74 Å². The monoisotopic (exact) mass is 331 g/mol. The zero-order valence-electron chi connectivity index (χ0n) is 13.6. The van der Waals surface area contributed by atoms with Crippen LogP contribution in [0.5, 0.6) is 5.75 Å². The number of hydrogen-bond donors (Lipinski definition) is 1.